The van der Waals surface area contributed by atoms with Gasteiger partial charge in [-0.1, -0.05) is 0 Å². The molecule has 5 heteroatoms. The fourth-order valence-electron chi connectivity index (χ4n) is 3.34. The van der Waals surface area contributed by atoms with Crippen molar-refractivity contribution < 1.29 is 8.78 Å². The summed E-state index contributed by atoms with van der Waals surface area (Å²) in [6, 6.07) is 3.60. The highest BCUT2D eigenvalue weighted by atomic mass is 19.1. The van der Waals surface area contributed by atoms with E-state index >= 15 is 0 Å². The second-order valence-electron chi connectivity index (χ2n) is 5.71. The monoisotopic (exact) mass is 291 g/mol. The van der Waals surface area contributed by atoms with E-state index in [1.54, 1.807) is 0 Å². The van der Waals surface area contributed by atoms with Gasteiger partial charge in [0, 0.05) is 17.3 Å². The molecule has 1 atom stereocenters. The molecule has 3 nitrogen and oxygen atoms in total. The molecule has 1 aromatic heterocycles. The summed E-state index contributed by atoms with van der Waals surface area (Å²) in [5.74, 6) is -0.753. The molecule has 1 unspecified atom stereocenters. The molecule has 0 spiro atoms. The summed E-state index contributed by atoms with van der Waals surface area (Å²) >= 11 is 0. The van der Waals surface area contributed by atoms with E-state index in [4.69, 9.17) is 5.73 Å². The molecule has 0 fully saturated rings. The van der Waals surface area contributed by atoms with Crippen LogP contribution in [-0.4, -0.2) is 16.3 Å². The number of fused-ring (bicyclic) bond motifs is 1. The number of rotatable bonds is 3. The molecule has 3 rings (SSSR count). The third-order valence-corrected chi connectivity index (χ3v) is 4.20. The Bertz CT molecular complexity index is 644. The van der Waals surface area contributed by atoms with Crippen molar-refractivity contribution in [1.29, 1.82) is 0 Å². The number of nitrogens with zero attached hydrogens (tertiary/aromatic N) is 2. The van der Waals surface area contributed by atoms with Gasteiger partial charge in [-0.2, -0.15) is 5.10 Å². The van der Waals surface area contributed by atoms with Crippen molar-refractivity contribution in [2.45, 2.75) is 38.6 Å². The number of hydrogen-bond donors (Lipinski definition) is 1. The normalized spacial score (nSPS) is 17.8. The molecule has 1 aliphatic carbocycles. The lowest BCUT2D eigenvalue weighted by Gasteiger charge is -2.22. The van der Waals surface area contributed by atoms with E-state index in [1.807, 2.05) is 11.6 Å². The number of aryl methyl sites for hydroxylation is 1. The maximum absolute atomic E-state index is 13.3. The Kier molecular flexibility index (Phi) is 3.76. The molecule has 2 aromatic rings. The van der Waals surface area contributed by atoms with Gasteiger partial charge in [0.1, 0.15) is 11.6 Å². The fourth-order valence-corrected chi connectivity index (χ4v) is 3.34. The molecule has 1 aromatic carbocycles. The lowest BCUT2D eigenvalue weighted by molar-refractivity contribution is 0.528. The smallest absolute Gasteiger partial charge is 0.126 e. The van der Waals surface area contributed by atoms with Gasteiger partial charge in [0.25, 0.3) is 0 Å². The first kappa shape index (κ1) is 14.2. The lowest BCUT2D eigenvalue weighted by atomic mass is 9.85. The fraction of sp³-hybridized carbons (Fsp3) is 0.438. The van der Waals surface area contributed by atoms with Gasteiger partial charge in [0.05, 0.1) is 12.2 Å². The Labute approximate surface area is 122 Å². The van der Waals surface area contributed by atoms with Crippen LogP contribution in [0.25, 0.3) is 0 Å². The molecule has 0 aliphatic heterocycles. The minimum atomic E-state index is -0.553. The highest BCUT2D eigenvalue weighted by Gasteiger charge is 2.26. The number of nitrogens with two attached hydrogens (primary N) is 1. The third-order valence-electron chi connectivity index (χ3n) is 4.20. The maximum Gasteiger partial charge on any atom is 0.126 e. The summed E-state index contributed by atoms with van der Waals surface area (Å²) < 4.78 is 28.5. The minimum Gasteiger partial charge on any atom is -0.330 e. The SMILES string of the molecule is Cc1nn(Cc2cc(F)cc(F)c2)c2c1C(CN)CCC2. The Morgan fingerprint density at radius 1 is 1.29 bits per heavy atom. The van der Waals surface area contributed by atoms with Gasteiger partial charge < -0.3 is 5.73 Å². The predicted molar refractivity (Wildman–Crippen MR) is 77.2 cm³/mol. The highest BCUT2D eigenvalue weighted by molar-refractivity contribution is 5.33. The quantitative estimate of drug-likeness (QED) is 0.945. The van der Waals surface area contributed by atoms with Crippen LogP contribution in [0.15, 0.2) is 18.2 Å². The van der Waals surface area contributed by atoms with Crippen LogP contribution in [0.4, 0.5) is 8.78 Å². The van der Waals surface area contributed by atoms with Crippen LogP contribution >= 0.6 is 0 Å². The molecular weight excluding hydrogens is 272 g/mol. The summed E-state index contributed by atoms with van der Waals surface area (Å²) in [5.41, 5.74) is 9.83. The predicted octanol–water partition coefficient (Wildman–Crippen LogP) is 2.90. The van der Waals surface area contributed by atoms with E-state index in [0.717, 1.165) is 31.0 Å². The molecule has 0 bridgehead atoms. The van der Waals surface area contributed by atoms with Crippen molar-refractivity contribution in [2.24, 2.45) is 5.73 Å². The molecule has 0 saturated carbocycles. The van der Waals surface area contributed by atoms with Gasteiger partial charge in [0.15, 0.2) is 0 Å². The van der Waals surface area contributed by atoms with E-state index in [9.17, 15) is 8.78 Å². The first-order chi connectivity index (χ1) is 10.1. The Hall–Kier alpha value is -1.75. The van der Waals surface area contributed by atoms with Crippen LogP contribution in [0.5, 0.6) is 0 Å². The van der Waals surface area contributed by atoms with Crippen LogP contribution in [0.3, 0.4) is 0 Å². The van der Waals surface area contributed by atoms with Gasteiger partial charge in [-0.3, -0.25) is 4.68 Å². The maximum atomic E-state index is 13.3. The van der Waals surface area contributed by atoms with Crippen LogP contribution in [0, 0.1) is 18.6 Å². The molecule has 21 heavy (non-hydrogen) atoms. The van der Waals surface area contributed by atoms with Gasteiger partial charge in [-0.25, -0.2) is 8.78 Å². The van der Waals surface area contributed by atoms with Crippen LogP contribution in [-0.2, 0) is 13.0 Å². The molecule has 0 radical (unpaired) electrons. The van der Waals surface area contributed by atoms with Crippen LogP contribution < -0.4 is 5.73 Å². The van der Waals surface area contributed by atoms with E-state index in [2.05, 4.69) is 5.10 Å². The van der Waals surface area contributed by atoms with Crippen LogP contribution in [0.1, 0.15) is 41.3 Å². The van der Waals surface area contributed by atoms with Crippen molar-refractivity contribution >= 4 is 0 Å². The van der Waals surface area contributed by atoms with E-state index < -0.39 is 11.6 Å². The van der Waals surface area contributed by atoms with Crippen molar-refractivity contribution in [3.8, 4) is 0 Å². The summed E-state index contributed by atoms with van der Waals surface area (Å²) in [6.45, 7) is 2.99. The molecule has 0 amide bonds. The Balaban J connectivity index is 1.96. The topological polar surface area (TPSA) is 43.8 Å². The largest absolute Gasteiger partial charge is 0.330 e. The Morgan fingerprint density at radius 2 is 2.00 bits per heavy atom. The number of hydrogen-bond acceptors (Lipinski definition) is 2. The van der Waals surface area contributed by atoms with Gasteiger partial charge in [0.2, 0.25) is 0 Å². The van der Waals surface area contributed by atoms with Gasteiger partial charge in [-0.05, 0) is 56.3 Å². The van der Waals surface area contributed by atoms with Crippen molar-refractivity contribution in [3.63, 3.8) is 0 Å². The first-order valence-electron chi connectivity index (χ1n) is 7.29. The number of aromatic nitrogens is 2. The second kappa shape index (κ2) is 5.56. The number of halogens is 2. The first-order valence-corrected chi connectivity index (χ1v) is 7.29. The van der Waals surface area contributed by atoms with Gasteiger partial charge in [-0.15, -0.1) is 0 Å². The van der Waals surface area contributed by atoms with E-state index in [-0.39, 0.29) is 0 Å². The van der Waals surface area contributed by atoms with E-state index in [0.29, 0.717) is 24.6 Å². The summed E-state index contributed by atoms with van der Waals surface area (Å²) in [7, 11) is 0. The summed E-state index contributed by atoms with van der Waals surface area (Å²) in [4.78, 5) is 0. The van der Waals surface area contributed by atoms with E-state index in [1.165, 1.54) is 23.4 Å². The molecule has 2 N–H and O–H groups in total. The minimum absolute atomic E-state index is 0.353. The zero-order valence-corrected chi connectivity index (χ0v) is 12.1. The lowest BCUT2D eigenvalue weighted by Crippen LogP contribution is -2.19. The summed E-state index contributed by atoms with van der Waals surface area (Å²) in [6.07, 6.45) is 3.12. The number of benzene rings is 1. The molecule has 0 saturated heterocycles. The molecular formula is C16H19F2N3. The summed E-state index contributed by atoms with van der Waals surface area (Å²) in [5, 5.41) is 4.56. The van der Waals surface area contributed by atoms with Crippen LogP contribution in [0.2, 0.25) is 0 Å². The molecule has 112 valence electrons. The third kappa shape index (κ3) is 2.70. The standard InChI is InChI=1S/C16H19F2N3/c1-10-16-12(8-19)3-2-4-15(16)21(20-10)9-11-5-13(17)7-14(18)6-11/h5-7,12H,2-4,8-9,19H2,1H3. The second-order valence-corrected chi connectivity index (χ2v) is 5.71. The Morgan fingerprint density at radius 3 is 2.67 bits per heavy atom. The molecule has 1 heterocycles. The molecule has 1 aliphatic rings. The highest BCUT2D eigenvalue weighted by Crippen LogP contribution is 2.33. The zero-order valence-electron chi connectivity index (χ0n) is 12.1. The zero-order chi connectivity index (χ0) is 15.0. The van der Waals surface area contributed by atoms with Gasteiger partial charge >= 0.3 is 0 Å². The average Bonchev–Trinajstić information content (AvgIpc) is 2.74. The van der Waals surface area contributed by atoms with Crippen molar-refractivity contribution in [2.75, 3.05) is 6.54 Å². The van der Waals surface area contributed by atoms with Crippen molar-refractivity contribution in [1.82, 2.24) is 9.78 Å². The van der Waals surface area contributed by atoms with Crippen molar-refractivity contribution in [3.05, 3.63) is 52.3 Å². The average molecular weight is 291 g/mol.